The van der Waals surface area contributed by atoms with Crippen molar-refractivity contribution in [3.63, 3.8) is 0 Å². The number of hydrogen-bond donors (Lipinski definition) is 1. The van der Waals surface area contributed by atoms with Crippen molar-refractivity contribution in [2.75, 3.05) is 0 Å². The average Bonchev–Trinajstić information content (AvgIpc) is 2.26. The van der Waals surface area contributed by atoms with Crippen molar-refractivity contribution in [2.45, 2.75) is 13.5 Å². The number of halogens is 1. The lowest BCUT2D eigenvalue weighted by atomic mass is 10.2. The van der Waals surface area contributed by atoms with Gasteiger partial charge in [0.15, 0.2) is 0 Å². The van der Waals surface area contributed by atoms with E-state index in [2.05, 4.69) is 12.1 Å². The number of aryl methyl sites for hydroxylation is 1. The topological polar surface area (TPSA) is 28.8 Å². The molecule has 0 amide bonds. The minimum atomic E-state index is 0. The van der Waals surface area contributed by atoms with Gasteiger partial charge in [-0.15, -0.1) is 12.4 Å². The summed E-state index contributed by atoms with van der Waals surface area (Å²) >= 11 is 0. The molecule has 1 N–H and O–H groups in total. The summed E-state index contributed by atoms with van der Waals surface area (Å²) in [5, 5.41) is 7.91. The molecule has 1 aromatic heterocycles. The number of nitrogens with one attached hydrogen (secondary N) is 1. The van der Waals surface area contributed by atoms with Crippen LogP contribution in [-0.4, -0.2) is 4.57 Å². The van der Waals surface area contributed by atoms with Gasteiger partial charge in [-0.25, -0.2) is 0 Å². The molecule has 1 heterocycles. The second kappa shape index (κ2) is 5.52. The molecule has 0 spiro atoms. The standard InChI is InChI=1S/C13H14N2.ClH/c1-11-6-5-9-15(13(11)14)10-12-7-3-2-4-8-12;/h2-9,14H,10H2,1H3;1H. The predicted molar refractivity (Wildman–Crippen MR) is 67.8 cm³/mol. The average molecular weight is 235 g/mol. The first kappa shape index (κ1) is 12.5. The van der Waals surface area contributed by atoms with E-state index in [1.807, 2.05) is 48.0 Å². The van der Waals surface area contributed by atoms with Gasteiger partial charge in [0.1, 0.15) is 5.49 Å². The van der Waals surface area contributed by atoms with E-state index in [1.54, 1.807) is 0 Å². The summed E-state index contributed by atoms with van der Waals surface area (Å²) in [6.45, 7) is 2.73. The first-order valence-corrected chi connectivity index (χ1v) is 5.02. The molecule has 0 bridgehead atoms. The molecule has 0 unspecified atom stereocenters. The molecule has 2 rings (SSSR count). The molecule has 0 aliphatic heterocycles. The molecule has 16 heavy (non-hydrogen) atoms. The largest absolute Gasteiger partial charge is 0.329 e. The third-order valence-electron chi connectivity index (χ3n) is 2.47. The molecule has 0 aliphatic rings. The first-order chi connectivity index (χ1) is 7.27. The summed E-state index contributed by atoms with van der Waals surface area (Å²) in [5.74, 6) is 0. The van der Waals surface area contributed by atoms with Crippen molar-refractivity contribution in [1.82, 2.24) is 4.57 Å². The predicted octanol–water partition coefficient (Wildman–Crippen LogP) is 2.75. The Balaban J connectivity index is 0.00000128. The van der Waals surface area contributed by atoms with Gasteiger partial charge in [0.2, 0.25) is 0 Å². The molecule has 0 saturated carbocycles. The number of hydrogen-bond acceptors (Lipinski definition) is 1. The van der Waals surface area contributed by atoms with Gasteiger partial charge in [-0.1, -0.05) is 36.4 Å². The maximum atomic E-state index is 7.91. The van der Waals surface area contributed by atoms with Gasteiger partial charge in [-0.05, 0) is 24.1 Å². The Morgan fingerprint density at radius 2 is 1.75 bits per heavy atom. The van der Waals surface area contributed by atoms with Gasteiger partial charge in [0, 0.05) is 12.7 Å². The van der Waals surface area contributed by atoms with Crippen LogP contribution in [0.25, 0.3) is 0 Å². The van der Waals surface area contributed by atoms with Crippen molar-refractivity contribution >= 4 is 12.4 Å². The third kappa shape index (κ3) is 2.74. The van der Waals surface area contributed by atoms with Crippen LogP contribution in [-0.2, 0) is 6.54 Å². The van der Waals surface area contributed by atoms with Gasteiger partial charge in [0.05, 0.1) is 0 Å². The van der Waals surface area contributed by atoms with Crippen LogP contribution in [0.15, 0.2) is 48.7 Å². The fourth-order valence-electron chi connectivity index (χ4n) is 1.58. The zero-order valence-electron chi connectivity index (χ0n) is 9.18. The van der Waals surface area contributed by atoms with Crippen molar-refractivity contribution in [3.8, 4) is 0 Å². The van der Waals surface area contributed by atoms with E-state index >= 15 is 0 Å². The Bertz CT molecular complexity index is 503. The van der Waals surface area contributed by atoms with E-state index in [9.17, 15) is 0 Å². The molecule has 0 aliphatic carbocycles. The van der Waals surface area contributed by atoms with Gasteiger partial charge in [-0.3, -0.25) is 5.41 Å². The number of rotatable bonds is 2. The summed E-state index contributed by atoms with van der Waals surface area (Å²) in [5.41, 5.74) is 2.82. The quantitative estimate of drug-likeness (QED) is 0.828. The lowest BCUT2D eigenvalue weighted by Gasteiger charge is -2.07. The van der Waals surface area contributed by atoms with Crippen LogP contribution in [0.5, 0.6) is 0 Å². The molecular formula is C13H15ClN2. The summed E-state index contributed by atoms with van der Waals surface area (Å²) in [6.07, 6.45) is 1.95. The smallest absolute Gasteiger partial charge is 0.127 e. The molecule has 84 valence electrons. The van der Waals surface area contributed by atoms with Crippen molar-refractivity contribution in [1.29, 1.82) is 5.41 Å². The highest BCUT2D eigenvalue weighted by Crippen LogP contribution is 2.00. The molecule has 0 radical (unpaired) electrons. The normalized spacial score (nSPS) is 9.56. The lowest BCUT2D eigenvalue weighted by Crippen LogP contribution is -2.21. The van der Waals surface area contributed by atoms with Crippen LogP contribution in [0.4, 0.5) is 0 Å². The maximum absolute atomic E-state index is 7.91. The summed E-state index contributed by atoms with van der Waals surface area (Å²) in [6, 6.07) is 14.2. The molecule has 2 aromatic rings. The SMILES string of the molecule is Cc1cccn(Cc2ccccc2)c1=N.Cl. The van der Waals surface area contributed by atoms with Gasteiger partial charge >= 0.3 is 0 Å². The Morgan fingerprint density at radius 3 is 2.44 bits per heavy atom. The minimum absolute atomic E-state index is 0. The fraction of sp³-hybridized carbons (Fsp3) is 0.154. The maximum Gasteiger partial charge on any atom is 0.127 e. The van der Waals surface area contributed by atoms with Crippen LogP contribution in [0.1, 0.15) is 11.1 Å². The Morgan fingerprint density at radius 1 is 1.06 bits per heavy atom. The Labute approximate surface area is 101 Å². The highest BCUT2D eigenvalue weighted by Gasteiger charge is 1.96. The van der Waals surface area contributed by atoms with Gasteiger partial charge in [-0.2, -0.15) is 0 Å². The van der Waals surface area contributed by atoms with Crippen LogP contribution < -0.4 is 5.49 Å². The van der Waals surface area contributed by atoms with E-state index in [-0.39, 0.29) is 12.4 Å². The number of pyridine rings is 1. The number of aromatic nitrogens is 1. The van der Waals surface area contributed by atoms with E-state index in [0.29, 0.717) is 5.49 Å². The molecule has 0 atom stereocenters. The van der Waals surface area contributed by atoms with Gasteiger partial charge < -0.3 is 4.57 Å². The van der Waals surface area contributed by atoms with E-state index in [4.69, 9.17) is 5.41 Å². The monoisotopic (exact) mass is 234 g/mol. The molecule has 1 aromatic carbocycles. The summed E-state index contributed by atoms with van der Waals surface area (Å²) < 4.78 is 1.95. The van der Waals surface area contributed by atoms with E-state index in [1.165, 1.54) is 5.56 Å². The summed E-state index contributed by atoms with van der Waals surface area (Å²) in [7, 11) is 0. The second-order valence-electron chi connectivity index (χ2n) is 3.65. The van der Waals surface area contributed by atoms with Crippen LogP contribution in [0.2, 0.25) is 0 Å². The van der Waals surface area contributed by atoms with E-state index < -0.39 is 0 Å². The third-order valence-corrected chi connectivity index (χ3v) is 2.47. The first-order valence-electron chi connectivity index (χ1n) is 5.02. The second-order valence-corrected chi connectivity index (χ2v) is 3.65. The minimum Gasteiger partial charge on any atom is -0.329 e. The van der Waals surface area contributed by atoms with Crippen LogP contribution in [0.3, 0.4) is 0 Å². The fourth-order valence-corrected chi connectivity index (χ4v) is 1.58. The van der Waals surface area contributed by atoms with E-state index in [0.717, 1.165) is 12.1 Å². The van der Waals surface area contributed by atoms with Crippen molar-refractivity contribution < 1.29 is 0 Å². The number of benzene rings is 1. The highest BCUT2D eigenvalue weighted by atomic mass is 35.5. The zero-order chi connectivity index (χ0) is 10.7. The molecular weight excluding hydrogens is 220 g/mol. The zero-order valence-corrected chi connectivity index (χ0v) is 10.00. The molecule has 0 saturated heterocycles. The summed E-state index contributed by atoms with van der Waals surface area (Å²) in [4.78, 5) is 0. The number of nitrogens with zero attached hydrogens (tertiary/aromatic N) is 1. The molecule has 3 heteroatoms. The van der Waals surface area contributed by atoms with Crippen molar-refractivity contribution in [3.05, 3.63) is 65.3 Å². The van der Waals surface area contributed by atoms with Crippen LogP contribution >= 0.6 is 12.4 Å². The highest BCUT2D eigenvalue weighted by molar-refractivity contribution is 5.85. The molecule has 2 nitrogen and oxygen atoms in total. The molecule has 0 fully saturated rings. The Hall–Kier alpha value is -1.54. The lowest BCUT2D eigenvalue weighted by molar-refractivity contribution is 0.723. The van der Waals surface area contributed by atoms with Crippen LogP contribution in [0, 0.1) is 12.3 Å². The van der Waals surface area contributed by atoms with Crippen molar-refractivity contribution in [2.24, 2.45) is 0 Å². The van der Waals surface area contributed by atoms with Gasteiger partial charge in [0.25, 0.3) is 0 Å². The Kier molecular flexibility index (Phi) is 4.32.